The highest BCUT2D eigenvalue weighted by Crippen LogP contribution is 2.34. The molecule has 2 heterocycles. The standard InChI is InChI=1S/C45H52O6/c1-31(2)23-37(24-32(3)4)20-22-39-27-45(51-44(39)47,29-48-28-36-11-8-7-9-12-36)30-49-43(46)34(6)25-40-26-41-38(13-10-14-42(41)50-40)21-19-35-17-15-33(5)16-18-35/h7-18,22,26,31-32,34,37H,20,23-25,27-30H2,1-6H3/b39-22+/t34-,45-/m1/s1. The van der Waals surface area contributed by atoms with E-state index in [1.165, 1.54) is 5.56 Å². The third-order valence-corrected chi connectivity index (χ3v) is 9.26. The molecule has 5 rings (SSSR count). The van der Waals surface area contributed by atoms with Crippen molar-refractivity contribution >= 4 is 22.9 Å². The zero-order chi connectivity index (χ0) is 36.4. The first-order valence-corrected chi connectivity index (χ1v) is 18.3. The zero-order valence-corrected chi connectivity index (χ0v) is 31.0. The van der Waals surface area contributed by atoms with Crippen LogP contribution >= 0.6 is 0 Å². The number of fused-ring (bicyclic) bond motifs is 1. The minimum atomic E-state index is -1.09. The second kappa shape index (κ2) is 17.6. The van der Waals surface area contributed by atoms with Crippen LogP contribution in [0.4, 0.5) is 0 Å². The fourth-order valence-electron chi connectivity index (χ4n) is 6.77. The summed E-state index contributed by atoms with van der Waals surface area (Å²) in [7, 11) is 0. The number of benzene rings is 3. The molecule has 0 radical (unpaired) electrons. The summed E-state index contributed by atoms with van der Waals surface area (Å²) in [6.45, 7) is 13.2. The van der Waals surface area contributed by atoms with Crippen LogP contribution in [0.5, 0.6) is 0 Å². The maximum Gasteiger partial charge on any atom is 0.334 e. The second-order valence-electron chi connectivity index (χ2n) is 15.1. The van der Waals surface area contributed by atoms with Crippen LogP contribution in [0.2, 0.25) is 0 Å². The number of carbonyl (C=O) groups is 2. The van der Waals surface area contributed by atoms with Crippen molar-refractivity contribution < 1.29 is 28.2 Å². The number of allylic oxidation sites excluding steroid dienone is 1. The molecule has 268 valence electrons. The van der Waals surface area contributed by atoms with E-state index >= 15 is 0 Å². The Bertz CT molecular complexity index is 1840. The van der Waals surface area contributed by atoms with Crippen LogP contribution < -0.4 is 0 Å². The Kier molecular flexibility index (Phi) is 13.0. The van der Waals surface area contributed by atoms with E-state index in [1.54, 1.807) is 0 Å². The molecule has 0 aliphatic carbocycles. The lowest BCUT2D eigenvalue weighted by Crippen LogP contribution is -2.41. The Morgan fingerprint density at radius 1 is 0.902 bits per heavy atom. The van der Waals surface area contributed by atoms with Gasteiger partial charge < -0.3 is 18.6 Å². The maximum absolute atomic E-state index is 13.4. The van der Waals surface area contributed by atoms with E-state index in [2.05, 4.69) is 46.5 Å². The van der Waals surface area contributed by atoms with Crippen molar-refractivity contribution in [3.05, 3.63) is 119 Å². The van der Waals surface area contributed by atoms with Crippen molar-refractivity contribution in [3.63, 3.8) is 0 Å². The van der Waals surface area contributed by atoms with Gasteiger partial charge in [0, 0.05) is 34.9 Å². The molecule has 6 heteroatoms. The third kappa shape index (κ3) is 10.9. The maximum atomic E-state index is 13.4. The summed E-state index contributed by atoms with van der Waals surface area (Å²) in [5, 5.41) is 0.906. The summed E-state index contributed by atoms with van der Waals surface area (Å²) in [6.07, 6.45) is 5.75. The number of esters is 2. The SMILES string of the molecule is Cc1ccc(C#Cc2cccc3oc(C[C@@H](C)C(=O)OC[C@]4(COCc5ccccc5)C/C(=C\CC(CC(C)C)CC(C)C)C(=O)O4)cc23)cc1. The van der Waals surface area contributed by atoms with E-state index in [0.29, 0.717) is 48.5 Å². The molecule has 1 fully saturated rings. The average molecular weight is 689 g/mol. The van der Waals surface area contributed by atoms with E-state index in [4.69, 9.17) is 18.6 Å². The highest BCUT2D eigenvalue weighted by atomic mass is 16.6. The van der Waals surface area contributed by atoms with Crippen LogP contribution in [-0.2, 0) is 36.8 Å². The molecule has 0 bridgehead atoms. The van der Waals surface area contributed by atoms with Gasteiger partial charge >= 0.3 is 11.9 Å². The largest absolute Gasteiger partial charge is 0.461 e. The Morgan fingerprint density at radius 3 is 2.33 bits per heavy atom. The predicted molar refractivity (Wildman–Crippen MR) is 202 cm³/mol. The molecule has 2 atom stereocenters. The smallest absolute Gasteiger partial charge is 0.334 e. The molecular formula is C45H52O6. The van der Waals surface area contributed by atoms with Crippen LogP contribution in [0.15, 0.2) is 94.9 Å². The van der Waals surface area contributed by atoms with E-state index < -0.39 is 11.5 Å². The quantitative estimate of drug-likeness (QED) is 0.0703. The van der Waals surface area contributed by atoms with Crippen molar-refractivity contribution in [2.24, 2.45) is 23.7 Å². The van der Waals surface area contributed by atoms with Gasteiger partial charge in [-0.2, -0.15) is 0 Å². The molecule has 1 aliphatic heterocycles. The molecule has 1 aromatic heterocycles. The molecule has 51 heavy (non-hydrogen) atoms. The van der Waals surface area contributed by atoms with Gasteiger partial charge in [0.25, 0.3) is 0 Å². The van der Waals surface area contributed by atoms with E-state index in [9.17, 15) is 9.59 Å². The third-order valence-electron chi connectivity index (χ3n) is 9.26. The first kappa shape index (κ1) is 37.7. The first-order chi connectivity index (χ1) is 24.5. The monoisotopic (exact) mass is 688 g/mol. The van der Waals surface area contributed by atoms with Gasteiger partial charge in [-0.1, -0.05) is 107 Å². The van der Waals surface area contributed by atoms with E-state index in [0.717, 1.165) is 46.9 Å². The Balaban J connectivity index is 1.25. The summed E-state index contributed by atoms with van der Waals surface area (Å²) in [5.74, 6) is 7.59. The van der Waals surface area contributed by atoms with Gasteiger partial charge in [-0.15, -0.1) is 0 Å². The summed E-state index contributed by atoms with van der Waals surface area (Å²) in [5.41, 5.74) is 4.26. The number of ether oxygens (including phenoxy) is 3. The molecule has 1 saturated heterocycles. The number of rotatable bonds is 15. The van der Waals surface area contributed by atoms with Gasteiger partial charge in [-0.25, -0.2) is 4.79 Å². The van der Waals surface area contributed by atoms with Gasteiger partial charge in [0.05, 0.1) is 19.1 Å². The molecule has 1 aliphatic rings. The Hall–Kier alpha value is -4.60. The summed E-state index contributed by atoms with van der Waals surface area (Å²) >= 11 is 0. The normalized spacial score (nSPS) is 17.3. The Morgan fingerprint density at radius 2 is 1.63 bits per heavy atom. The van der Waals surface area contributed by atoms with Crippen LogP contribution in [0.1, 0.15) is 88.3 Å². The minimum Gasteiger partial charge on any atom is -0.461 e. The van der Waals surface area contributed by atoms with Crippen molar-refractivity contribution in [2.75, 3.05) is 13.2 Å². The van der Waals surface area contributed by atoms with Crippen LogP contribution in [0, 0.1) is 42.4 Å². The van der Waals surface area contributed by atoms with Gasteiger partial charge in [0.2, 0.25) is 0 Å². The topological polar surface area (TPSA) is 75.0 Å². The number of hydrogen-bond acceptors (Lipinski definition) is 6. The molecule has 4 aromatic rings. The van der Waals surface area contributed by atoms with Gasteiger partial charge in [-0.3, -0.25) is 4.79 Å². The van der Waals surface area contributed by atoms with E-state index in [-0.39, 0.29) is 25.2 Å². The van der Waals surface area contributed by atoms with Crippen molar-refractivity contribution in [2.45, 2.75) is 85.9 Å². The van der Waals surface area contributed by atoms with Crippen molar-refractivity contribution in [3.8, 4) is 11.8 Å². The van der Waals surface area contributed by atoms with Crippen LogP contribution in [0.25, 0.3) is 11.0 Å². The average Bonchev–Trinajstić information content (AvgIpc) is 3.65. The molecule has 3 aromatic carbocycles. The number of hydrogen-bond donors (Lipinski definition) is 0. The number of cyclic esters (lactones) is 1. The molecule has 0 amide bonds. The van der Waals surface area contributed by atoms with E-state index in [1.807, 2.05) is 91.9 Å². The fourth-order valence-corrected chi connectivity index (χ4v) is 6.77. The Labute approximate surface area is 303 Å². The second-order valence-corrected chi connectivity index (χ2v) is 15.1. The molecule has 0 spiro atoms. The molecule has 6 nitrogen and oxygen atoms in total. The van der Waals surface area contributed by atoms with Crippen LogP contribution in [0.3, 0.4) is 0 Å². The van der Waals surface area contributed by atoms with Gasteiger partial charge in [0.15, 0.2) is 5.60 Å². The van der Waals surface area contributed by atoms with Gasteiger partial charge in [0.1, 0.15) is 18.0 Å². The first-order valence-electron chi connectivity index (χ1n) is 18.3. The molecular weight excluding hydrogens is 636 g/mol. The van der Waals surface area contributed by atoms with Gasteiger partial charge in [-0.05, 0) is 79.8 Å². The van der Waals surface area contributed by atoms with Crippen molar-refractivity contribution in [1.82, 2.24) is 0 Å². The lowest BCUT2D eigenvalue weighted by Gasteiger charge is -2.27. The zero-order valence-electron chi connectivity index (χ0n) is 31.0. The predicted octanol–water partition coefficient (Wildman–Crippen LogP) is 9.79. The van der Waals surface area contributed by atoms with Crippen molar-refractivity contribution in [1.29, 1.82) is 0 Å². The highest BCUT2D eigenvalue weighted by molar-refractivity contribution is 5.91. The number of furan rings is 1. The summed E-state index contributed by atoms with van der Waals surface area (Å²) < 4.78 is 24.2. The highest BCUT2D eigenvalue weighted by Gasteiger charge is 2.45. The molecule has 0 unspecified atom stereocenters. The number of aryl methyl sites for hydroxylation is 1. The number of carbonyl (C=O) groups excluding carboxylic acids is 2. The molecule has 0 saturated carbocycles. The lowest BCUT2D eigenvalue weighted by atomic mass is 9.86. The summed E-state index contributed by atoms with van der Waals surface area (Å²) in [6, 6.07) is 25.7. The fraction of sp³-hybridized carbons (Fsp3) is 0.422. The lowest BCUT2D eigenvalue weighted by molar-refractivity contribution is -0.171. The summed E-state index contributed by atoms with van der Waals surface area (Å²) in [4.78, 5) is 26.7. The van der Waals surface area contributed by atoms with Crippen LogP contribution in [-0.4, -0.2) is 30.8 Å². The molecule has 0 N–H and O–H groups in total. The minimum absolute atomic E-state index is 0.0890.